The molecule has 0 radical (unpaired) electrons. The number of aliphatic carboxylic acids is 1. The number of carbonyl (C=O) groups excluding carboxylic acids is 2. The van der Waals surface area contributed by atoms with Gasteiger partial charge in [-0.25, -0.2) is 9.78 Å². The van der Waals surface area contributed by atoms with Crippen LogP contribution in [-0.2, 0) is 25.8 Å². The molecule has 1 fully saturated rings. The zero-order chi connectivity index (χ0) is 24.4. The summed E-state index contributed by atoms with van der Waals surface area (Å²) in [6.45, 7) is 0.279. The third-order valence-electron chi connectivity index (χ3n) is 4.69. The molecule has 0 spiro atoms. The lowest BCUT2D eigenvalue weighted by molar-refractivity contribution is -0.150. The van der Waals surface area contributed by atoms with Gasteiger partial charge in [0.05, 0.1) is 0 Å². The SMILES string of the molecule is CO/N=C(/C(=O)NC1C(=O)N2C(C(=O)O)=C(CSc3nnc(CN)s3)CSC12)c1csc(N)n1.Cl.Cl. The van der Waals surface area contributed by atoms with Crippen LogP contribution in [-0.4, -0.2) is 78.7 Å². The third-order valence-corrected chi connectivity index (χ3v) is 8.87. The van der Waals surface area contributed by atoms with Crippen molar-refractivity contribution in [2.45, 2.75) is 22.3 Å². The monoisotopic (exact) mass is 614 g/mol. The van der Waals surface area contributed by atoms with Crippen LogP contribution in [0.4, 0.5) is 5.13 Å². The number of thiazole rings is 1. The molecule has 13 nitrogen and oxygen atoms in total. The Hall–Kier alpha value is -2.15. The lowest BCUT2D eigenvalue weighted by atomic mass is 10.0. The molecule has 4 heterocycles. The molecule has 0 aromatic carbocycles. The van der Waals surface area contributed by atoms with E-state index in [9.17, 15) is 19.5 Å². The van der Waals surface area contributed by atoms with Crippen LogP contribution in [0.25, 0.3) is 0 Å². The third kappa shape index (κ3) is 6.04. The Bertz CT molecular complexity index is 1210. The van der Waals surface area contributed by atoms with Crippen molar-refractivity contribution in [1.82, 2.24) is 25.4 Å². The van der Waals surface area contributed by atoms with E-state index in [-0.39, 0.29) is 53.6 Å². The topological polar surface area (TPSA) is 199 Å². The van der Waals surface area contributed by atoms with E-state index in [0.29, 0.717) is 26.4 Å². The second kappa shape index (κ2) is 12.9. The molecular weight excluding hydrogens is 595 g/mol. The second-order valence-corrected chi connectivity index (χ2v) is 11.0. The fourth-order valence-electron chi connectivity index (χ4n) is 3.22. The number of anilines is 1. The molecule has 2 atom stereocenters. The van der Waals surface area contributed by atoms with Gasteiger partial charge in [0.25, 0.3) is 11.8 Å². The largest absolute Gasteiger partial charge is 0.477 e. The normalized spacial score (nSPS) is 19.0. The van der Waals surface area contributed by atoms with Gasteiger partial charge in [-0.3, -0.25) is 14.5 Å². The summed E-state index contributed by atoms with van der Waals surface area (Å²) >= 11 is 5.16. The van der Waals surface area contributed by atoms with Crippen LogP contribution < -0.4 is 16.8 Å². The van der Waals surface area contributed by atoms with E-state index in [1.807, 2.05) is 0 Å². The first kappa shape index (κ1) is 30.1. The molecule has 196 valence electrons. The van der Waals surface area contributed by atoms with Crippen LogP contribution in [0.15, 0.2) is 26.1 Å². The first-order valence-electron chi connectivity index (χ1n) is 9.52. The highest BCUT2D eigenvalue weighted by atomic mass is 35.5. The first-order chi connectivity index (χ1) is 16.3. The highest BCUT2D eigenvalue weighted by molar-refractivity contribution is 8.01. The van der Waals surface area contributed by atoms with E-state index in [0.717, 1.165) is 11.3 Å². The number of nitrogens with two attached hydrogens (primary N) is 2. The van der Waals surface area contributed by atoms with Crippen LogP contribution in [0.3, 0.4) is 0 Å². The second-order valence-electron chi connectivity index (χ2n) is 6.77. The number of nitrogens with zero attached hydrogens (tertiary/aromatic N) is 5. The summed E-state index contributed by atoms with van der Waals surface area (Å²) in [6, 6.07) is -0.922. The van der Waals surface area contributed by atoms with Gasteiger partial charge in [0.2, 0.25) is 0 Å². The molecule has 36 heavy (non-hydrogen) atoms. The van der Waals surface area contributed by atoms with Gasteiger partial charge in [0, 0.05) is 23.4 Å². The van der Waals surface area contributed by atoms with Crippen molar-refractivity contribution in [2.24, 2.45) is 10.9 Å². The number of carboxylic acid groups (broad SMARTS) is 1. The standard InChI is InChI=1S/C17H18N8O5S4.2ClH/c1-30-24-9(7-5-32-16(19)20-7)12(26)21-10-13(27)25-11(15(28)29)6(3-31-14(10)25)4-33-17-23-22-8(2-18)34-17;;/h5,10,14H,2-4,18H2,1H3,(H2,19,20)(H,21,26)(H,28,29);2*1H/b24-9+;;. The summed E-state index contributed by atoms with van der Waals surface area (Å²) in [4.78, 5) is 47.7. The van der Waals surface area contributed by atoms with Crippen molar-refractivity contribution < 1.29 is 24.3 Å². The van der Waals surface area contributed by atoms with E-state index in [1.54, 1.807) is 5.38 Å². The number of aromatic nitrogens is 3. The number of amides is 2. The highest BCUT2D eigenvalue weighted by Gasteiger charge is 2.54. The number of oxime groups is 1. The van der Waals surface area contributed by atoms with Gasteiger partial charge >= 0.3 is 5.97 Å². The van der Waals surface area contributed by atoms with E-state index in [4.69, 9.17) is 16.3 Å². The molecule has 1 saturated heterocycles. The predicted octanol–water partition coefficient (Wildman–Crippen LogP) is 0.760. The Morgan fingerprint density at radius 3 is 2.72 bits per heavy atom. The van der Waals surface area contributed by atoms with E-state index in [1.165, 1.54) is 46.9 Å². The van der Waals surface area contributed by atoms with Crippen molar-refractivity contribution >= 4 is 99.6 Å². The van der Waals surface area contributed by atoms with Crippen molar-refractivity contribution in [3.63, 3.8) is 0 Å². The van der Waals surface area contributed by atoms with Crippen LogP contribution in [0.2, 0.25) is 0 Å². The number of β-lactam (4-membered cyclic amide) rings is 1. The Morgan fingerprint density at radius 2 is 2.14 bits per heavy atom. The lowest BCUT2D eigenvalue weighted by Gasteiger charge is -2.49. The maximum Gasteiger partial charge on any atom is 0.352 e. The molecule has 6 N–H and O–H groups in total. The van der Waals surface area contributed by atoms with Gasteiger partial charge in [-0.05, 0) is 5.57 Å². The summed E-state index contributed by atoms with van der Waals surface area (Å²) < 4.78 is 0.664. The molecule has 2 aromatic rings. The number of rotatable bonds is 9. The molecule has 2 amide bonds. The minimum Gasteiger partial charge on any atom is -0.477 e. The Morgan fingerprint density at radius 1 is 1.39 bits per heavy atom. The maximum absolute atomic E-state index is 12.9. The van der Waals surface area contributed by atoms with Crippen LogP contribution in [0.5, 0.6) is 0 Å². The molecular formula is C17H20Cl2N8O5S4. The maximum atomic E-state index is 12.9. The molecule has 0 bridgehead atoms. The van der Waals surface area contributed by atoms with Crippen molar-refractivity contribution in [1.29, 1.82) is 0 Å². The minimum atomic E-state index is -1.21. The lowest BCUT2D eigenvalue weighted by Crippen LogP contribution is -2.71. The number of nitrogen functional groups attached to an aromatic ring is 1. The zero-order valence-electron chi connectivity index (χ0n) is 18.3. The summed E-state index contributed by atoms with van der Waals surface area (Å²) in [5.41, 5.74) is 11.8. The molecule has 0 aliphatic carbocycles. The number of carbonyl (C=O) groups is 3. The number of hydrogen-bond acceptors (Lipinski definition) is 14. The smallest absolute Gasteiger partial charge is 0.352 e. The van der Waals surface area contributed by atoms with Crippen LogP contribution in [0, 0.1) is 0 Å². The molecule has 19 heteroatoms. The van der Waals surface area contributed by atoms with Gasteiger partial charge < -0.3 is 26.7 Å². The fourth-order valence-corrected chi connectivity index (χ4v) is 7.03. The Kier molecular flexibility index (Phi) is 10.8. The summed E-state index contributed by atoms with van der Waals surface area (Å²) in [5.74, 6) is -1.71. The van der Waals surface area contributed by atoms with Gasteiger partial charge in [0.15, 0.2) is 15.2 Å². The summed E-state index contributed by atoms with van der Waals surface area (Å²) in [7, 11) is 1.28. The molecule has 0 saturated carbocycles. The van der Waals surface area contributed by atoms with Gasteiger partial charge in [-0.2, -0.15) is 0 Å². The van der Waals surface area contributed by atoms with Crippen LogP contribution in [0.1, 0.15) is 10.7 Å². The van der Waals surface area contributed by atoms with Crippen molar-refractivity contribution in [3.05, 3.63) is 27.4 Å². The minimum absolute atomic E-state index is 0. The number of thioether (sulfide) groups is 2. The number of fused-ring (bicyclic) bond motifs is 1. The quantitative estimate of drug-likeness (QED) is 0.134. The van der Waals surface area contributed by atoms with E-state index >= 15 is 0 Å². The number of hydrogen-bond donors (Lipinski definition) is 4. The summed E-state index contributed by atoms with van der Waals surface area (Å²) in [6.07, 6.45) is 0. The van der Waals surface area contributed by atoms with Gasteiger partial charge in [0.1, 0.15) is 34.9 Å². The number of nitrogens with one attached hydrogen (secondary N) is 1. The molecule has 2 aromatic heterocycles. The first-order valence-corrected chi connectivity index (χ1v) is 13.3. The van der Waals surface area contributed by atoms with Crippen molar-refractivity contribution in [2.75, 3.05) is 24.3 Å². The molecule has 2 aliphatic rings. The zero-order valence-corrected chi connectivity index (χ0v) is 23.2. The number of halogens is 2. The Balaban J connectivity index is 0.00000228. The van der Waals surface area contributed by atoms with E-state index < -0.39 is 29.2 Å². The number of carboxylic acids is 1. The highest BCUT2D eigenvalue weighted by Crippen LogP contribution is 2.41. The van der Waals surface area contributed by atoms with E-state index in [2.05, 4.69) is 25.7 Å². The van der Waals surface area contributed by atoms with Gasteiger partial charge in [-0.1, -0.05) is 28.3 Å². The average Bonchev–Trinajstić information content (AvgIpc) is 3.47. The fraction of sp³-hybridized carbons (Fsp3) is 0.353. The van der Waals surface area contributed by atoms with Gasteiger partial charge in [-0.15, -0.1) is 58.1 Å². The Labute approximate surface area is 233 Å². The average molecular weight is 616 g/mol. The molecule has 2 aliphatic heterocycles. The molecule has 4 rings (SSSR count). The van der Waals surface area contributed by atoms with Crippen molar-refractivity contribution in [3.8, 4) is 0 Å². The van der Waals surface area contributed by atoms with Crippen LogP contribution >= 0.6 is 71.0 Å². The predicted molar refractivity (Wildman–Crippen MR) is 143 cm³/mol. The molecule has 2 unspecified atom stereocenters. The summed E-state index contributed by atoms with van der Waals surface area (Å²) in [5, 5.41) is 26.0.